The molecule has 2 aromatic rings. The molecule has 26 heavy (non-hydrogen) atoms. The van der Waals surface area contributed by atoms with Gasteiger partial charge in [-0.2, -0.15) is 0 Å². The van der Waals surface area contributed by atoms with Crippen molar-refractivity contribution in [3.05, 3.63) is 46.0 Å². The molecule has 1 saturated heterocycles. The Morgan fingerprint density at radius 1 is 1.35 bits per heavy atom. The fourth-order valence-electron chi connectivity index (χ4n) is 3.27. The van der Waals surface area contributed by atoms with Crippen molar-refractivity contribution in [3.63, 3.8) is 0 Å². The number of hydrogen-bond acceptors (Lipinski definition) is 5. The number of H-pyrrole nitrogens is 1. The molecule has 1 aromatic carbocycles. The number of pyridine rings is 1. The van der Waals surface area contributed by atoms with Crippen LogP contribution < -0.4 is 5.43 Å². The van der Waals surface area contributed by atoms with Crippen LogP contribution in [0.1, 0.15) is 5.69 Å². The lowest BCUT2D eigenvalue weighted by atomic mass is 10.1. The summed E-state index contributed by atoms with van der Waals surface area (Å²) in [6.45, 7) is 0.978. The molecule has 2 heterocycles. The van der Waals surface area contributed by atoms with Gasteiger partial charge in [0.1, 0.15) is 5.82 Å². The van der Waals surface area contributed by atoms with Crippen LogP contribution in [0, 0.1) is 11.7 Å². The van der Waals surface area contributed by atoms with E-state index in [2.05, 4.69) is 4.98 Å². The molecule has 2 N–H and O–H groups in total. The van der Waals surface area contributed by atoms with E-state index in [1.54, 1.807) is 6.07 Å². The molecule has 0 saturated carbocycles. The molecule has 142 valence electrons. The van der Waals surface area contributed by atoms with Gasteiger partial charge in [-0.05, 0) is 12.1 Å². The van der Waals surface area contributed by atoms with Crippen LogP contribution in [-0.2, 0) is 16.6 Å². The van der Waals surface area contributed by atoms with Crippen molar-refractivity contribution in [2.45, 2.75) is 12.6 Å². The molecular weight excluding hydrogens is 361 g/mol. The Hall–Kier alpha value is -1.81. The van der Waals surface area contributed by atoms with E-state index in [4.69, 9.17) is 0 Å². The average Bonchev–Trinajstić information content (AvgIpc) is 2.87. The second-order valence-electron chi connectivity index (χ2n) is 6.90. The Labute approximate surface area is 151 Å². The third-order valence-electron chi connectivity index (χ3n) is 4.73. The number of rotatable bonds is 5. The second kappa shape index (κ2) is 7.07. The van der Waals surface area contributed by atoms with Crippen LogP contribution in [0.4, 0.5) is 4.39 Å². The number of halogens is 1. The summed E-state index contributed by atoms with van der Waals surface area (Å²) in [5.41, 5.74) is 0.400. The first-order valence-electron chi connectivity index (χ1n) is 8.28. The molecule has 0 unspecified atom stereocenters. The molecule has 0 bridgehead atoms. The van der Waals surface area contributed by atoms with Crippen molar-refractivity contribution < 1.29 is 17.9 Å². The summed E-state index contributed by atoms with van der Waals surface area (Å²) in [7, 11) is -0.490. The molecule has 0 aliphatic carbocycles. The number of likely N-dealkylation sites (tertiary alicyclic amines) is 1. The number of β-amino-alcohol motifs (C(OH)–C–C–N with tert-alkyl or cyclic N) is 1. The van der Waals surface area contributed by atoms with Crippen LogP contribution in [0.15, 0.2) is 29.1 Å². The number of aliphatic hydroxyl groups is 1. The highest BCUT2D eigenvalue weighted by atomic mass is 32.2. The van der Waals surface area contributed by atoms with Crippen LogP contribution in [0.5, 0.6) is 0 Å². The predicted octanol–water partition coefficient (Wildman–Crippen LogP) is 0.351. The number of aromatic nitrogens is 1. The average molecular weight is 383 g/mol. The van der Waals surface area contributed by atoms with Gasteiger partial charge < -0.3 is 10.1 Å². The Bertz CT molecular complexity index is 974. The summed E-state index contributed by atoms with van der Waals surface area (Å²) < 4.78 is 39.2. The van der Waals surface area contributed by atoms with Crippen LogP contribution in [-0.4, -0.2) is 66.8 Å². The first-order chi connectivity index (χ1) is 12.2. The molecule has 2 atom stereocenters. The summed E-state index contributed by atoms with van der Waals surface area (Å²) in [6, 6.07) is 5.74. The Morgan fingerprint density at radius 2 is 2.08 bits per heavy atom. The van der Waals surface area contributed by atoms with E-state index >= 15 is 0 Å². The van der Waals surface area contributed by atoms with Crippen LogP contribution in [0.2, 0.25) is 0 Å². The number of sulfonamides is 1. The number of para-hydroxylation sites is 1. The van der Waals surface area contributed by atoms with Crippen LogP contribution in [0.3, 0.4) is 0 Å². The molecule has 1 aliphatic heterocycles. The van der Waals surface area contributed by atoms with Crippen LogP contribution in [0.25, 0.3) is 10.9 Å². The first-order valence-corrected chi connectivity index (χ1v) is 9.89. The van der Waals surface area contributed by atoms with E-state index in [0.717, 1.165) is 4.31 Å². The minimum absolute atomic E-state index is 0.138. The fourth-order valence-corrected chi connectivity index (χ4v) is 4.44. The van der Waals surface area contributed by atoms with Crippen molar-refractivity contribution in [3.8, 4) is 0 Å². The predicted molar refractivity (Wildman–Crippen MR) is 96.8 cm³/mol. The molecule has 0 radical (unpaired) electrons. The lowest BCUT2D eigenvalue weighted by Gasteiger charge is -2.18. The molecule has 0 amide bonds. The van der Waals surface area contributed by atoms with Gasteiger partial charge in [-0.25, -0.2) is 17.1 Å². The minimum atomic E-state index is -3.41. The highest BCUT2D eigenvalue weighted by molar-refractivity contribution is 7.89. The lowest BCUT2D eigenvalue weighted by molar-refractivity contribution is 0.148. The lowest BCUT2D eigenvalue weighted by Crippen LogP contribution is -2.33. The molecule has 1 aromatic heterocycles. The largest absolute Gasteiger partial charge is 0.391 e. The molecule has 1 fully saturated rings. The van der Waals surface area contributed by atoms with Gasteiger partial charge in [0.05, 0.1) is 17.4 Å². The zero-order valence-electron chi connectivity index (χ0n) is 14.6. The SMILES string of the molecule is CN(C)S(=O)(=O)C[C@@H]1CN(Cc2cc(=O)c3cccc(F)c3[nH]2)C[C@H]1O. The maximum absolute atomic E-state index is 14.0. The summed E-state index contributed by atoms with van der Waals surface area (Å²) in [6.07, 6.45) is -0.770. The van der Waals surface area contributed by atoms with Crippen molar-refractivity contribution >= 4 is 20.9 Å². The molecule has 9 heteroatoms. The van der Waals surface area contributed by atoms with E-state index < -0.39 is 27.9 Å². The summed E-state index contributed by atoms with van der Waals surface area (Å²) in [4.78, 5) is 17.0. The van der Waals surface area contributed by atoms with Crippen molar-refractivity contribution in [2.75, 3.05) is 32.9 Å². The number of fused-ring (bicyclic) bond motifs is 1. The van der Waals surface area contributed by atoms with Crippen LogP contribution >= 0.6 is 0 Å². The number of nitrogens with one attached hydrogen (secondary N) is 1. The molecule has 0 spiro atoms. The quantitative estimate of drug-likeness (QED) is 0.777. The van der Waals surface area contributed by atoms with Gasteiger partial charge in [-0.3, -0.25) is 9.69 Å². The Kier molecular flexibility index (Phi) is 5.16. The van der Waals surface area contributed by atoms with Gasteiger partial charge in [0, 0.05) is 56.8 Å². The third-order valence-corrected chi connectivity index (χ3v) is 6.69. The van der Waals surface area contributed by atoms with E-state index in [9.17, 15) is 22.7 Å². The maximum atomic E-state index is 14.0. The zero-order valence-corrected chi connectivity index (χ0v) is 15.5. The molecular formula is C17H22FN3O4S. The topological polar surface area (TPSA) is 93.7 Å². The van der Waals surface area contributed by atoms with Crippen molar-refractivity contribution in [1.29, 1.82) is 0 Å². The number of aromatic amines is 1. The van der Waals surface area contributed by atoms with Gasteiger partial charge >= 0.3 is 0 Å². The van der Waals surface area contributed by atoms with Gasteiger partial charge in [-0.15, -0.1) is 0 Å². The minimum Gasteiger partial charge on any atom is -0.391 e. The maximum Gasteiger partial charge on any atom is 0.214 e. The number of aliphatic hydroxyl groups excluding tert-OH is 1. The molecule has 1 aliphatic rings. The van der Waals surface area contributed by atoms with E-state index in [-0.39, 0.29) is 22.1 Å². The van der Waals surface area contributed by atoms with Gasteiger partial charge in [0.15, 0.2) is 5.43 Å². The molecule has 3 rings (SSSR count). The van der Waals surface area contributed by atoms with Gasteiger partial charge in [0.2, 0.25) is 10.0 Å². The Morgan fingerprint density at radius 3 is 2.77 bits per heavy atom. The standard InChI is InChI=1S/C17H22FN3O4S/c1-20(2)26(24,25)10-11-7-21(9-16(11)23)8-12-6-15(22)13-4-3-5-14(18)17(13)19-12/h3-6,11,16,23H,7-10H2,1-2H3,(H,19,22)/t11-,16+/m0/s1. The van der Waals surface area contributed by atoms with Crippen molar-refractivity contribution in [1.82, 2.24) is 14.2 Å². The summed E-state index contributed by atoms with van der Waals surface area (Å²) >= 11 is 0. The highest BCUT2D eigenvalue weighted by Crippen LogP contribution is 2.22. The first kappa shape index (κ1) is 19.0. The normalized spacial score (nSPS) is 21.7. The summed E-state index contributed by atoms with van der Waals surface area (Å²) in [5.74, 6) is -1.05. The smallest absolute Gasteiger partial charge is 0.214 e. The van der Waals surface area contributed by atoms with Gasteiger partial charge in [-0.1, -0.05) is 6.07 Å². The van der Waals surface area contributed by atoms with Crippen molar-refractivity contribution in [2.24, 2.45) is 5.92 Å². The fraction of sp³-hybridized carbons (Fsp3) is 0.471. The number of hydrogen-bond donors (Lipinski definition) is 2. The molecule has 7 nitrogen and oxygen atoms in total. The third kappa shape index (κ3) is 3.80. The zero-order chi connectivity index (χ0) is 19.1. The van der Waals surface area contributed by atoms with Gasteiger partial charge in [0.25, 0.3) is 0 Å². The van der Waals surface area contributed by atoms with E-state index in [1.165, 1.54) is 32.3 Å². The van der Waals surface area contributed by atoms with E-state index in [1.807, 2.05) is 4.90 Å². The highest BCUT2D eigenvalue weighted by Gasteiger charge is 2.35. The second-order valence-corrected chi connectivity index (χ2v) is 9.13. The number of benzene rings is 1. The van der Waals surface area contributed by atoms with E-state index in [0.29, 0.717) is 25.3 Å². The Balaban J connectivity index is 1.77. The summed E-state index contributed by atoms with van der Waals surface area (Å²) in [5, 5.41) is 10.5. The monoisotopic (exact) mass is 383 g/mol. The number of nitrogens with zero attached hydrogens (tertiary/aromatic N) is 2.